The average molecular weight is 367 g/mol. The van der Waals surface area contributed by atoms with Crippen LogP contribution in [0.25, 0.3) is 5.69 Å². The van der Waals surface area contributed by atoms with Gasteiger partial charge in [0.2, 0.25) is 5.91 Å². The van der Waals surface area contributed by atoms with Crippen molar-refractivity contribution < 1.29 is 9.59 Å². The Hall–Kier alpha value is -2.10. The van der Waals surface area contributed by atoms with Gasteiger partial charge in [-0.25, -0.2) is 5.01 Å². The van der Waals surface area contributed by atoms with Gasteiger partial charge in [-0.3, -0.25) is 19.6 Å². The Bertz CT molecular complexity index is 767. The van der Waals surface area contributed by atoms with E-state index in [1.54, 1.807) is 35.1 Å². The van der Waals surface area contributed by atoms with Gasteiger partial charge in [0.1, 0.15) is 12.4 Å². The first-order valence-corrected chi connectivity index (χ1v) is 8.49. The van der Waals surface area contributed by atoms with Crippen LogP contribution in [0.1, 0.15) is 0 Å². The molecule has 1 aromatic heterocycles. The number of carbonyl (C=O) groups excluding carboxylic acids is 2. The minimum atomic E-state index is -0.533. The molecule has 126 valence electrons. The maximum atomic E-state index is 12.0. The Balaban J connectivity index is 1.60. The van der Waals surface area contributed by atoms with Gasteiger partial charge >= 0.3 is 0 Å². The van der Waals surface area contributed by atoms with E-state index in [4.69, 9.17) is 11.6 Å². The minimum Gasteiger partial charge on any atom is -0.342 e. The standard InChI is InChI=1S/C14H15ClN6O2S/c1-20-6-11(13(23)19-20)17-12(22)7-24-14-18-16-8-21(14)10-4-2-3-9(15)5-10/h2-5,8,11H,6-7H2,1H3,(H,17,22)(H,19,23)/t11-/m0/s1. The second kappa shape index (κ2) is 7.20. The van der Waals surface area contributed by atoms with Crippen molar-refractivity contribution in [3.05, 3.63) is 35.6 Å². The van der Waals surface area contributed by atoms with Gasteiger partial charge in [-0.05, 0) is 18.2 Å². The summed E-state index contributed by atoms with van der Waals surface area (Å²) < 4.78 is 1.75. The van der Waals surface area contributed by atoms with Crippen LogP contribution in [0.4, 0.5) is 0 Å². The zero-order chi connectivity index (χ0) is 17.1. The zero-order valence-corrected chi connectivity index (χ0v) is 14.3. The predicted molar refractivity (Wildman–Crippen MR) is 89.8 cm³/mol. The first-order chi connectivity index (χ1) is 11.5. The molecule has 0 spiro atoms. The fraction of sp³-hybridized carbons (Fsp3) is 0.286. The van der Waals surface area contributed by atoms with Crippen LogP contribution in [0, 0.1) is 0 Å². The van der Waals surface area contributed by atoms with Gasteiger partial charge in [0.25, 0.3) is 5.91 Å². The lowest BCUT2D eigenvalue weighted by molar-refractivity contribution is -0.126. The third-order valence-corrected chi connectivity index (χ3v) is 4.52. The number of nitrogens with zero attached hydrogens (tertiary/aromatic N) is 4. The van der Waals surface area contributed by atoms with Crippen LogP contribution >= 0.6 is 23.4 Å². The SMILES string of the molecule is CN1C[C@H](NC(=O)CSc2nncn2-c2cccc(Cl)c2)C(=O)N1. The van der Waals surface area contributed by atoms with Crippen LogP contribution in [0.5, 0.6) is 0 Å². The molecule has 10 heteroatoms. The fourth-order valence-corrected chi connectivity index (χ4v) is 3.20. The maximum absolute atomic E-state index is 12.0. The molecule has 2 amide bonds. The molecule has 3 rings (SSSR count). The van der Waals surface area contributed by atoms with Crippen LogP contribution in [-0.2, 0) is 9.59 Å². The van der Waals surface area contributed by atoms with Gasteiger partial charge in [-0.15, -0.1) is 10.2 Å². The van der Waals surface area contributed by atoms with Crippen LogP contribution in [-0.4, -0.2) is 57.0 Å². The van der Waals surface area contributed by atoms with E-state index in [1.807, 2.05) is 12.1 Å². The molecule has 1 saturated heterocycles. The molecule has 1 aliphatic rings. The first kappa shape index (κ1) is 16.7. The highest BCUT2D eigenvalue weighted by atomic mass is 35.5. The number of thioether (sulfide) groups is 1. The lowest BCUT2D eigenvalue weighted by Crippen LogP contribution is -2.42. The van der Waals surface area contributed by atoms with Gasteiger partial charge in [-0.2, -0.15) is 0 Å². The molecule has 2 heterocycles. The number of hydrazine groups is 1. The molecule has 0 radical (unpaired) electrons. The highest BCUT2D eigenvalue weighted by Gasteiger charge is 2.29. The number of hydrogen-bond donors (Lipinski definition) is 2. The van der Waals surface area contributed by atoms with E-state index in [2.05, 4.69) is 20.9 Å². The molecule has 0 unspecified atom stereocenters. The molecule has 2 N–H and O–H groups in total. The second-order valence-electron chi connectivity index (χ2n) is 5.23. The highest BCUT2D eigenvalue weighted by Crippen LogP contribution is 2.21. The lowest BCUT2D eigenvalue weighted by atomic mass is 10.3. The van der Waals surface area contributed by atoms with Crippen molar-refractivity contribution in [3.8, 4) is 5.69 Å². The van der Waals surface area contributed by atoms with Crippen molar-refractivity contribution in [2.45, 2.75) is 11.2 Å². The topological polar surface area (TPSA) is 92.2 Å². The summed E-state index contributed by atoms with van der Waals surface area (Å²) in [5, 5.41) is 13.4. The van der Waals surface area contributed by atoms with Crippen molar-refractivity contribution in [3.63, 3.8) is 0 Å². The Morgan fingerprint density at radius 2 is 2.38 bits per heavy atom. The Morgan fingerprint density at radius 3 is 3.08 bits per heavy atom. The molecular weight excluding hydrogens is 352 g/mol. The molecule has 0 bridgehead atoms. The molecule has 1 aromatic carbocycles. The van der Waals surface area contributed by atoms with Crippen molar-refractivity contribution in [1.29, 1.82) is 0 Å². The van der Waals surface area contributed by atoms with Crippen molar-refractivity contribution in [2.24, 2.45) is 0 Å². The number of likely N-dealkylation sites (N-methyl/N-ethyl adjacent to an activating group) is 1. The average Bonchev–Trinajstić information content (AvgIpc) is 3.12. The molecule has 8 nitrogen and oxygen atoms in total. The third-order valence-electron chi connectivity index (χ3n) is 3.34. The third kappa shape index (κ3) is 3.86. The van der Waals surface area contributed by atoms with Gasteiger partial charge in [0.05, 0.1) is 11.4 Å². The van der Waals surface area contributed by atoms with Gasteiger partial charge in [0, 0.05) is 18.6 Å². The highest BCUT2D eigenvalue weighted by molar-refractivity contribution is 7.99. The number of rotatable bonds is 5. The van der Waals surface area contributed by atoms with E-state index in [9.17, 15) is 9.59 Å². The Morgan fingerprint density at radius 1 is 1.54 bits per heavy atom. The van der Waals surface area contributed by atoms with Crippen molar-refractivity contribution in [2.75, 3.05) is 19.3 Å². The zero-order valence-electron chi connectivity index (χ0n) is 12.8. The van der Waals surface area contributed by atoms with E-state index >= 15 is 0 Å². The predicted octanol–water partition coefficient (Wildman–Crippen LogP) is 0.474. The van der Waals surface area contributed by atoms with Crippen LogP contribution in [0.15, 0.2) is 35.7 Å². The smallest absolute Gasteiger partial charge is 0.258 e. The maximum Gasteiger partial charge on any atom is 0.258 e. The normalized spacial score (nSPS) is 17.8. The van der Waals surface area contributed by atoms with Gasteiger partial charge in [-0.1, -0.05) is 29.4 Å². The summed E-state index contributed by atoms with van der Waals surface area (Å²) in [6, 6.07) is 6.73. The first-order valence-electron chi connectivity index (χ1n) is 7.12. The molecule has 1 atom stereocenters. The number of aromatic nitrogens is 3. The summed E-state index contributed by atoms with van der Waals surface area (Å²) in [7, 11) is 1.74. The quantitative estimate of drug-likeness (QED) is 0.747. The Labute approximate surface area is 147 Å². The second-order valence-corrected chi connectivity index (χ2v) is 6.61. The molecule has 0 aliphatic carbocycles. The molecular formula is C14H15ClN6O2S. The summed E-state index contributed by atoms with van der Waals surface area (Å²) in [6.45, 7) is 0.438. The van der Waals surface area contributed by atoms with E-state index in [-0.39, 0.29) is 17.6 Å². The number of benzene rings is 1. The summed E-state index contributed by atoms with van der Waals surface area (Å²) in [4.78, 5) is 23.7. The molecule has 1 aliphatic heterocycles. The number of amides is 2. The van der Waals surface area contributed by atoms with Crippen molar-refractivity contribution in [1.82, 2.24) is 30.5 Å². The summed E-state index contributed by atoms with van der Waals surface area (Å²) in [6.07, 6.45) is 1.56. The lowest BCUT2D eigenvalue weighted by Gasteiger charge is -2.10. The Kier molecular flexibility index (Phi) is 5.03. The molecule has 1 fully saturated rings. The van der Waals surface area contributed by atoms with Crippen LogP contribution < -0.4 is 10.7 Å². The minimum absolute atomic E-state index is 0.132. The monoisotopic (exact) mass is 366 g/mol. The van der Waals surface area contributed by atoms with Gasteiger partial charge < -0.3 is 5.32 Å². The summed E-state index contributed by atoms with van der Waals surface area (Å²) >= 11 is 7.23. The van der Waals surface area contributed by atoms with E-state index in [1.165, 1.54) is 11.8 Å². The number of hydrogen-bond acceptors (Lipinski definition) is 6. The summed E-state index contributed by atoms with van der Waals surface area (Å²) in [5.74, 6) is -0.318. The number of halogens is 1. The number of nitrogens with one attached hydrogen (secondary N) is 2. The van der Waals surface area contributed by atoms with E-state index in [0.29, 0.717) is 16.7 Å². The van der Waals surface area contributed by atoms with Crippen molar-refractivity contribution >= 4 is 35.2 Å². The van der Waals surface area contributed by atoms with Gasteiger partial charge in [0.15, 0.2) is 5.16 Å². The largest absolute Gasteiger partial charge is 0.342 e. The fourth-order valence-electron chi connectivity index (χ4n) is 2.27. The van der Waals surface area contributed by atoms with E-state index < -0.39 is 6.04 Å². The summed E-state index contributed by atoms with van der Waals surface area (Å²) in [5.41, 5.74) is 3.42. The van der Waals surface area contributed by atoms with Crippen LogP contribution in [0.2, 0.25) is 5.02 Å². The molecule has 0 saturated carbocycles. The number of carbonyl (C=O) groups is 2. The molecule has 2 aromatic rings. The van der Waals surface area contributed by atoms with E-state index in [0.717, 1.165) is 5.69 Å². The van der Waals surface area contributed by atoms with Crippen LogP contribution in [0.3, 0.4) is 0 Å². The molecule has 24 heavy (non-hydrogen) atoms.